The molecule has 0 spiro atoms. The van der Waals surface area contributed by atoms with Crippen molar-refractivity contribution in [3.63, 3.8) is 0 Å². The molecule has 0 saturated heterocycles. The summed E-state index contributed by atoms with van der Waals surface area (Å²) in [7, 11) is 1.85. The molecule has 5 N–H and O–H groups in total. The van der Waals surface area contributed by atoms with Crippen LogP contribution in [0.25, 0.3) is 22.2 Å². The number of aromatic nitrogens is 2. The molecule has 2 aliphatic rings. The van der Waals surface area contributed by atoms with Crippen LogP contribution >= 0.6 is 0 Å². The van der Waals surface area contributed by atoms with Crippen molar-refractivity contribution in [2.45, 2.75) is 25.2 Å². The molecule has 34 heavy (non-hydrogen) atoms. The van der Waals surface area contributed by atoms with Gasteiger partial charge in [0.25, 0.3) is 0 Å². The molecule has 8 heteroatoms. The highest BCUT2D eigenvalue weighted by molar-refractivity contribution is 6.05. The minimum Gasteiger partial charge on any atom is -0.384 e. The molecule has 3 aromatic carbocycles. The molecule has 0 aliphatic carbocycles. The number of nitrogens with zero attached hydrogens (tertiary/aromatic N) is 3. The summed E-state index contributed by atoms with van der Waals surface area (Å²) in [6.07, 6.45) is -0.820. The summed E-state index contributed by atoms with van der Waals surface area (Å²) in [4.78, 5) is 19.5. The highest BCUT2D eigenvalue weighted by Gasteiger charge is 2.38. The molecule has 2 atom stereocenters. The average Bonchev–Trinajstić information content (AvgIpc) is 3.53. The normalized spacial score (nSPS) is 19.5. The Balaban J connectivity index is 1.25. The van der Waals surface area contributed by atoms with Gasteiger partial charge < -0.3 is 21.1 Å². The first-order chi connectivity index (χ1) is 16.5. The predicted molar refractivity (Wildman–Crippen MR) is 130 cm³/mol. The molecule has 1 amide bonds. The number of carbonyl (C=O) groups is 1. The van der Waals surface area contributed by atoms with Crippen molar-refractivity contribution in [2.24, 2.45) is 10.8 Å². The standard InChI is InChI=1S/C26H24N6O2/c1-32-23(26-29-20-10-18-12-28-13-19(18)11-21(20)30-26)24(33)22(31-32)16-6-2-14(3-7-16)15-4-8-17(9-5-15)25(27)34/h2-11,23-24,28,33H,12-13H2,1H3,(H2,27,34)(H,29,30). The van der Waals surface area contributed by atoms with E-state index in [2.05, 4.69) is 27.5 Å². The fourth-order valence-corrected chi connectivity index (χ4v) is 4.83. The molecule has 2 unspecified atom stereocenters. The number of aliphatic hydroxyl groups excluding tert-OH is 1. The topological polar surface area (TPSA) is 120 Å². The Hall–Kier alpha value is -4.01. The number of benzene rings is 3. The van der Waals surface area contributed by atoms with Crippen LogP contribution in [0.1, 0.15) is 38.9 Å². The van der Waals surface area contributed by atoms with Gasteiger partial charge in [-0.05, 0) is 46.5 Å². The second-order valence-corrected chi connectivity index (χ2v) is 8.83. The number of hydrazone groups is 1. The number of aliphatic hydroxyl groups is 1. The number of hydrogen-bond acceptors (Lipinski definition) is 6. The number of aromatic amines is 1. The number of amides is 1. The molecule has 0 bridgehead atoms. The summed E-state index contributed by atoms with van der Waals surface area (Å²) in [6, 6.07) is 18.9. The number of fused-ring (bicyclic) bond motifs is 2. The summed E-state index contributed by atoms with van der Waals surface area (Å²) in [5.74, 6) is 0.255. The SMILES string of the molecule is CN1N=C(c2ccc(-c3ccc(C(N)=O)cc3)cc2)C(O)C1c1nc2cc3c(cc2[nH]1)CNC3. The van der Waals surface area contributed by atoms with Gasteiger partial charge in [0.1, 0.15) is 18.0 Å². The molecule has 4 aromatic rings. The van der Waals surface area contributed by atoms with Crippen molar-refractivity contribution < 1.29 is 9.90 Å². The summed E-state index contributed by atoms with van der Waals surface area (Å²) >= 11 is 0. The van der Waals surface area contributed by atoms with E-state index >= 15 is 0 Å². The van der Waals surface area contributed by atoms with E-state index in [1.54, 1.807) is 17.1 Å². The molecule has 2 aliphatic heterocycles. The van der Waals surface area contributed by atoms with Crippen LogP contribution in [0.5, 0.6) is 0 Å². The zero-order chi connectivity index (χ0) is 23.4. The minimum absolute atomic E-state index is 0.392. The lowest BCUT2D eigenvalue weighted by Crippen LogP contribution is -2.29. The maximum atomic E-state index is 11.3. The first-order valence-electron chi connectivity index (χ1n) is 11.2. The number of nitrogens with one attached hydrogen (secondary N) is 2. The molecule has 170 valence electrons. The Labute approximate surface area is 196 Å². The Morgan fingerprint density at radius 3 is 2.29 bits per heavy atom. The van der Waals surface area contributed by atoms with Crippen molar-refractivity contribution in [1.82, 2.24) is 20.3 Å². The molecular weight excluding hydrogens is 428 g/mol. The van der Waals surface area contributed by atoms with Gasteiger partial charge >= 0.3 is 0 Å². The van der Waals surface area contributed by atoms with E-state index in [4.69, 9.17) is 10.7 Å². The van der Waals surface area contributed by atoms with Gasteiger partial charge in [0, 0.05) is 31.3 Å². The number of nitrogens with two attached hydrogens (primary N) is 1. The van der Waals surface area contributed by atoms with Crippen LogP contribution in [0.4, 0.5) is 0 Å². The van der Waals surface area contributed by atoms with Crippen molar-refractivity contribution in [3.8, 4) is 11.1 Å². The lowest BCUT2D eigenvalue weighted by molar-refractivity contribution is 0.1000. The average molecular weight is 453 g/mol. The minimum atomic E-state index is -0.820. The fraction of sp³-hybridized carbons (Fsp3) is 0.192. The molecule has 8 nitrogen and oxygen atoms in total. The number of imidazole rings is 1. The molecule has 3 heterocycles. The molecular formula is C26H24N6O2. The van der Waals surface area contributed by atoms with Crippen LogP contribution in [0, 0.1) is 0 Å². The van der Waals surface area contributed by atoms with Gasteiger partial charge in [-0.2, -0.15) is 5.10 Å². The van der Waals surface area contributed by atoms with Crippen molar-refractivity contribution in [1.29, 1.82) is 0 Å². The van der Waals surface area contributed by atoms with Crippen LogP contribution in [0.2, 0.25) is 0 Å². The van der Waals surface area contributed by atoms with E-state index in [9.17, 15) is 9.90 Å². The second-order valence-electron chi connectivity index (χ2n) is 8.83. The van der Waals surface area contributed by atoms with E-state index in [0.717, 1.165) is 40.8 Å². The Bertz CT molecular complexity index is 1400. The highest BCUT2D eigenvalue weighted by Crippen LogP contribution is 2.33. The van der Waals surface area contributed by atoms with Crippen molar-refractivity contribution in [3.05, 3.63) is 88.7 Å². The van der Waals surface area contributed by atoms with Crippen LogP contribution in [0.3, 0.4) is 0 Å². The van der Waals surface area contributed by atoms with E-state index in [-0.39, 0.29) is 0 Å². The Morgan fingerprint density at radius 2 is 1.62 bits per heavy atom. The number of hydrogen-bond donors (Lipinski definition) is 4. The van der Waals surface area contributed by atoms with Crippen LogP contribution in [0.15, 0.2) is 65.8 Å². The van der Waals surface area contributed by atoms with Crippen molar-refractivity contribution >= 4 is 22.7 Å². The quantitative estimate of drug-likeness (QED) is 0.380. The van der Waals surface area contributed by atoms with Gasteiger partial charge in [-0.25, -0.2) is 4.98 Å². The predicted octanol–water partition coefficient (Wildman–Crippen LogP) is 2.68. The number of H-pyrrole nitrogens is 1. The Morgan fingerprint density at radius 1 is 1.00 bits per heavy atom. The molecule has 0 radical (unpaired) electrons. The monoisotopic (exact) mass is 452 g/mol. The number of carbonyl (C=O) groups excluding carboxylic acids is 1. The van der Waals surface area contributed by atoms with Gasteiger partial charge in [-0.1, -0.05) is 36.4 Å². The maximum Gasteiger partial charge on any atom is 0.248 e. The highest BCUT2D eigenvalue weighted by atomic mass is 16.3. The van der Waals surface area contributed by atoms with Crippen LogP contribution < -0.4 is 11.1 Å². The molecule has 0 fully saturated rings. The smallest absolute Gasteiger partial charge is 0.248 e. The van der Waals surface area contributed by atoms with Crippen LogP contribution in [-0.4, -0.2) is 44.9 Å². The summed E-state index contributed by atoms with van der Waals surface area (Å²) < 4.78 is 0. The van der Waals surface area contributed by atoms with Crippen molar-refractivity contribution in [2.75, 3.05) is 7.05 Å². The van der Waals surface area contributed by atoms with E-state index in [1.165, 1.54) is 11.1 Å². The lowest BCUT2D eigenvalue weighted by Gasteiger charge is -2.19. The van der Waals surface area contributed by atoms with E-state index < -0.39 is 18.1 Å². The van der Waals surface area contributed by atoms with Gasteiger partial charge in [-0.3, -0.25) is 9.80 Å². The van der Waals surface area contributed by atoms with Crippen LogP contribution in [-0.2, 0) is 13.1 Å². The Kier molecular flexibility index (Phi) is 4.72. The first kappa shape index (κ1) is 20.6. The fourth-order valence-electron chi connectivity index (χ4n) is 4.83. The maximum absolute atomic E-state index is 11.3. The largest absolute Gasteiger partial charge is 0.384 e. The lowest BCUT2D eigenvalue weighted by atomic mass is 9.97. The van der Waals surface area contributed by atoms with E-state index in [0.29, 0.717) is 17.1 Å². The van der Waals surface area contributed by atoms with Gasteiger partial charge in [-0.15, -0.1) is 0 Å². The second kappa shape index (κ2) is 7.79. The number of likely N-dealkylation sites (N-methyl/N-ethyl adjacent to an activating group) is 1. The number of primary amides is 1. The zero-order valence-electron chi connectivity index (χ0n) is 18.6. The zero-order valence-corrected chi connectivity index (χ0v) is 18.6. The number of rotatable bonds is 4. The van der Waals surface area contributed by atoms with Gasteiger partial charge in [0.05, 0.1) is 16.7 Å². The molecule has 6 rings (SSSR count). The summed E-state index contributed by atoms with van der Waals surface area (Å²) in [5.41, 5.74) is 13.7. The molecule has 1 aromatic heterocycles. The first-order valence-corrected chi connectivity index (χ1v) is 11.2. The van der Waals surface area contributed by atoms with E-state index in [1.807, 2.05) is 43.4 Å². The summed E-state index contributed by atoms with van der Waals surface area (Å²) in [5, 5.41) is 21.0. The van der Waals surface area contributed by atoms with Gasteiger partial charge in [0.15, 0.2) is 0 Å². The third-order valence-electron chi connectivity index (χ3n) is 6.66. The van der Waals surface area contributed by atoms with Gasteiger partial charge in [0.2, 0.25) is 5.91 Å². The molecule has 0 saturated carbocycles. The summed E-state index contributed by atoms with van der Waals surface area (Å²) in [6.45, 7) is 1.72. The third kappa shape index (κ3) is 3.35. The third-order valence-corrected chi connectivity index (χ3v) is 6.66.